The van der Waals surface area contributed by atoms with E-state index in [-0.39, 0.29) is 0 Å². The summed E-state index contributed by atoms with van der Waals surface area (Å²) in [6.45, 7) is 4.26. The average Bonchev–Trinajstić information content (AvgIpc) is 3.04. The molecule has 0 aliphatic heterocycles. The molecule has 0 bridgehead atoms. The zero-order chi connectivity index (χ0) is 17.2. The normalized spacial score (nSPS) is 11.4. The second-order valence-electron chi connectivity index (χ2n) is 6.30. The number of rotatable bonds is 3. The molecule has 1 nitrogen and oxygen atoms in total. The van der Waals surface area contributed by atoms with E-state index >= 15 is 0 Å². The highest BCUT2D eigenvalue weighted by Crippen LogP contribution is 2.31. The van der Waals surface area contributed by atoms with Crippen LogP contribution in [-0.4, -0.2) is 4.98 Å². The maximum Gasteiger partial charge on any atom is 0.124 e. The Morgan fingerprint density at radius 1 is 0.840 bits per heavy atom. The van der Waals surface area contributed by atoms with Crippen LogP contribution in [0.1, 0.15) is 22.3 Å². The van der Waals surface area contributed by atoms with Gasteiger partial charge < -0.3 is 0 Å². The van der Waals surface area contributed by atoms with Gasteiger partial charge in [0.1, 0.15) is 5.01 Å². The van der Waals surface area contributed by atoms with Gasteiger partial charge in [-0.25, -0.2) is 4.98 Å². The van der Waals surface area contributed by atoms with Crippen LogP contribution in [0.4, 0.5) is 0 Å². The first-order chi connectivity index (χ1) is 12.2. The van der Waals surface area contributed by atoms with Crippen molar-refractivity contribution in [2.24, 2.45) is 0 Å². The SMILES string of the molecule is Cc1ccc2nc(-c3ccc(/C=C/c4ccccc4C)cc3)sc2c1. The van der Waals surface area contributed by atoms with Crippen LogP contribution in [0.15, 0.2) is 66.7 Å². The van der Waals surface area contributed by atoms with E-state index in [0.717, 1.165) is 10.5 Å². The molecule has 0 amide bonds. The van der Waals surface area contributed by atoms with Crippen molar-refractivity contribution in [3.05, 3.63) is 89.0 Å². The molecule has 25 heavy (non-hydrogen) atoms. The Hall–Kier alpha value is -2.71. The van der Waals surface area contributed by atoms with Crippen molar-refractivity contribution in [1.82, 2.24) is 4.98 Å². The molecule has 0 saturated carbocycles. The lowest BCUT2D eigenvalue weighted by Gasteiger charge is -2.00. The van der Waals surface area contributed by atoms with E-state index in [1.165, 1.54) is 32.5 Å². The van der Waals surface area contributed by atoms with E-state index in [1.807, 2.05) is 0 Å². The molecule has 3 aromatic carbocycles. The Kier molecular flexibility index (Phi) is 4.21. The van der Waals surface area contributed by atoms with Gasteiger partial charge in [0.25, 0.3) is 0 Å². The van der Waals surface area contributed by atoms with Crippen LogP contribution in [0.5, 0.6) is 0 Å². The van der Waals surface area contributed by atoms with Crippen LogP contribution < -0.4 is 0 Å². The van der Waals surface area contributed by atoms with Gasteiger partial charge in [-0.3, -0.25) is 0 Å². The molecule has 0 aliphatic rings. The number of nitrogens with zero attached hydrogens (tertiary/aromatic N) is 1. The second kappa shape index (κ2) is 6.66. The third-order valence-corrected chi connectivity index (χ3v) is 5.41. The monoisotopic (exact) mass is 341 g/mol. The molecular weight excluding hydrogens is 322 g/mol. The summed E-state index contributed by atoms with van der Waals surface area (Å²) < 4.78 is 1.25. The quantitative estimate of drug-likeness (QED) is 0.376. The van der Waals surface area contributed by atoms with Gasteiger partial charge in [0.15, 0.2) is 0 Å². The lowest BCUT2D eigenvalue weighted by Crippen LogP contribution is -1.79. The minimum absolute atomic E-state index is 1.08. The van der Waals surface area contributed by atoms with Gasteiger partial charge in [0.05, 0.1) is 10.2 Å². The predicted molar refractivity (Wildman–Crippen MR) is 110 cm³/mol. The maximum atomic E-state index is 4.76. The Bertz CT molecular complexity index is 1060. The molecule has 0 N–H and O–H groups in total. The highest BCUT2D eigenvalue weighted by atomic mass is 32.1. The van der Waals surface area contributed by atoms with Gasteiger partial charge in [-0.1, -0.05) is 66.7 Å². The summed E-state index contributed by atoms with van der Waals surface area (Å²) in [4.78, 5) is 4.76. The summed E-state index contributed by atoms with van der Waals surface area (Å²) in [6, 6.07) is 23.5. The molecule has 0 fully saturated rings. The lowest BCUT2D eigenvalue weighted by molar-refractivity contribution is 1.44. The Morgan fingerprint density at radius 2 is 1.64 bits per heavy atom. The highest BCUT2D eigenvalue weighted by molar-refractivity contribution is 7.21. The maximum absolute atomic E-state index is 4.76. The van der Waals surface area contributed by atoms with E-state index < -0.39 is 0 Å². The molecule has 0 saturated heterocycles. The molecule has 122 valence electrons. The molecule has 0 spiro atoms. The summed E-state index contributed by atoms with van der Waals surface area (Å²) in [7, 11) is 0. The van der Waals surface area contributed by atoms with Gasteiger partial charge >= 0.3 is 0 Å². The minimum Gasteiger partial charge on any atom is -0.236 e. The topological polar surface area (TPSA) is 12.9 Å². The summed E-state index contributed by atoms with van der Waals surface area (Å²) in [5.74, 6) is 0. The molecule has 2 heteroatoms. The molecule has 1 aromatic heterocycles. The molecule has 1 heterocycles. The zero-order valence-electron chi connectivity index (χ0n) is 14.4. The summed E-state index contributed by atoms with van der Waals surface area (Å²) in [5, 5.41) is 1.08. The highest BCUT2D eigenvalue weighted by Gasteiger charge is 2.06. The van der Waals surface area contributed by atoms with Crippen LogP contribution in [-0.2, 0) is 0 Å². The molecule has 0 aliphatic carbocycles. The van der Waals surface area contributed by atoms with Gasteiger partial charge in [-0.15, -0.1) is 11.3 Å². The van der Waals surface area contributed by atoms with E-state index in [1.54, 1.807) is 11.3 Å². The number of benzene rings is 3. The van der Waals surface area contributed by atoms with Crippen LogP contribution in [0.25, 0.3) is 32.9 Å². The largest absolute Gasteiger partial charge is 0.236 e. The van der Waals surface area contributed by atoms with Crippen molar-refractivity contribution in [3.8, 4) is 10.6 Å². The first-order valence-corrected chi connectivity index (χ1v) is 9.22. The van der Waals surface area contributed by atoms with Crippen molar-refractivity contribution < 1.29 is 0 Å². The third kappa shape index (κ3) is 3.40. The number of hydrogen-bond acceptors (Lipinski definition) is 2. The van der Waals surface area contributed by atoms with Crippen molar-refractivity contribution in [2.75, 3.05) is 0 Å². The van der Waals surface area contributed by atoms with E-state index in [4.69, 9.17) is 4.98 Å². The molecule has 0 unspecified atom stereocenters. The standard InChI is InChI=1S/C23H19NS/c1-16-7-14-21-22(15-16)25-23(24-21)20-12-9-18(10-13-20)8-11-19-6-4-3-5-17(19)2/h3-15H,1-2H3/b11-8+. The Morgan fingerprint density at radius 3 is 2.44 bits per heavy atom. The molecule has 0 radical (unpaired) electrons. The van der Waals surface area contributed by atoms with Gasteiger partial charge in [-0.2, -0.15) is 0 Å². The van der Waals surface area contributed by atoms with Crippen molar-refractivity contribution >= 4 is 33.7 Å². The minimum atomic E-state index is 1.08. The van der Waals surface area contributed by atoms with E-state index in [9.17, 15) is 0 Å². The fourth-order valence-corrected chi connectivity index (χ4v) is 3.92. The smallest absolute Gasteiger partial charge is 0.124 e. The van der Waals surface area contributed by atoms with Gasteiger partial charge in [0.2, 0.25) is 0 Å². The molecular formula is C23H19NS. The number of aryl methyl sites for hydroxylation is 2. The van der Waals surface area contributed by atoms with E-state index in [0.29, 0.717) is 0 Å². The number of fused-ring (bicyclic) bond motifs is 1. The van der Waals surface area contributed by atoms with Crippen LogP contribution in [0, 0.1) is 13.8 Å². The molecule has 0 atom stereocenters. The van der Waals surface area contributed by atoms with E-state index in [2.05, 4.69) is 92.7 Å². The second-order valence-corrected chi connectivity index (χ2v) is 7.33. The first kappa shape index (κ1) is 15.8. The molecule has 4 rings (SSSR count). The fourth-order valence-electron chi connectivity index (χ4n) is 2.85. The number of thiazole rings is 1. The first-order valence-electron chi connectivity index (χ1n) is 8.40. The van der Waals surface area contributed by atoms with Crippen molar-refractivity contribution in [2.45, 2.75) is 13.8 Å². The lowest BCUT2D eigenvalue weighted by atomic mass is 10.1. The summed E-state index contributed by atoms with van der Waals surface area (Å²) >= 11 is 1.75. The fraction of sp³-hybridized carbons (Fsp3) is 0.0870. The summed E-state index contributed by atoms with van der Waals surface area (Å²) in [5.41, 5.74) is 7.28. The molecule has 4 aromatic rings. The van der Waals surface area contributed by atoms with Crippen LogP contribution in [0.3, 0.4) is 0 Å². The Balaban J connectivity index is 1.60. The van der Waals surface area contributed by atoms with Crippen LogP contribution in [0.2, 0.25) is 0 Å². The number of hydrogen-bond donors (Lipinski definition) is 0. The number of aromatic nitrogens is 1. The third-order valence-electron chi connectivity index (χ3n) is 4.35. The average molecular weight is 341 g/mol. The van der Waals surface area contributed by atoms with Crippen molar-refractivity contribution in [3.63, 3.8) is 0 Å². The van der Waals surface area contributed by atoms with Gasteiger partial charge in [-0.05, 0) is 48.2 Å². The van der Waals surface area contributed by atoms with Crippen molar-refractivity contribution in [1.29, 1.82) is 0 Å². The zero-order valence-corrected chi connectivity index (χ0v) is 15.2. The Labute approximate surface area is 152 Å². The van der Waals surface area contributed by atoms with Crippen LogP contribution >= 0.6 is 11.3 Å². The predicted octanol–water partition coefficient (Wildman–Crippen LogP) is 6.75. The van der Waals surface area contributed by atoms with Gasteiger partial charge in [0, 0.05) is 5.56 Å². The summed E-state index contributed by atoms with van der Waals surface area (Å²) in [6.07, 6.45) is 4.33.